The Morgan fingerprint density at radius 2 is 1.75 bits per heavy atom. The predicted molar refractivity (Wildman–Crippen MR) is 107 cm³/mol. The number of carbonyl (C=O) groups excluding carboxylic acids is 3. The number of methoxy groups -OCH3 is 1. The zero-order valence-electron chi connectivity index (χ0n) is 16.3. The monoisotopic (exact) mass is 404 g/mol. The van der Waals surface area contributed by atoms with E-state index in [-0.39, 0.29) is 17.2 Å². The van der Waals surface area contributed by atoms with E-state index in [2.05, 4.69) is 15.4 Å². The van der Waals surface area contributed by atoms with E-state index in [0.29, 0.717) is 29.3 Å². The van der Waals surface area contributed by atoms with Crippen LogP contribution in [0.15, 0.2) is 12.1 Å². The summed E-state index contributed by atoms with van der Waals surface area (Å²) in [6.07, 6.45) is 8.11. The van der Waals surface area contributed by atoms with Crippen LogP contribution in [0.5, 0.6) is 0 Å². The van der Waals surface area contributed by atoms with Crippen molar-refractivity contribution in [2.24, 2.45) is 23.2 Å². The molecule has 5 rings (SSSR count). The fourth-order valence-electron chi connectivity index (χ4n) is 5.84. The van der Waals surface area contributed by atoms with Crippen LogP contribution in [0.4, 0.5) is 5.00 Å². The van der Waals surface area contributed by atoms with Crippen molar-refractivity contribution in [2.45, 2.75) is 51.4 Å². The highest BCUT2D eigenvalue weighted by atomic mass is 32.1. The second-order valence-electron chi connectivity index (χ2n) is 8.76. The summed E-state index contributed by atoms with van der Waals surface area (Å²) in [4.78, 5) is 36.9. The minimum Gasteiger partial charge on any atom is -0.465 e. The van der Waals surface area contributed by atoms with Gasteiger partial charge in [0.2, 0.25) is 11.8 Å². The molecule has 4 aliphatic carbocycles. The summed E-state index contributed by atoms with van der Waals surface area (Å²) in [6.45, 7) is 0.534. The fraction of sp³-hybridized carbons (Fsp3) is 0.667. The summed E-state index contributed by atoms with van der Waals surface area (Å²) in [5.74, 6) is 1.96. The van der Waals surface area contributed by atoms with Crippen LogP contribution < -0.4 is 10.6 Å². The van der Waals surface area contributed by atoms with E-state index in [4.69, 9.17) is 0 Å². The second-order valence-corrected chi connectivity index (χ2v) is 9.84. The van der Waals surface area contributed by atoms with Crippen molar-refractivity contribution in [3.63, 3.8) is 0 Å². The zero-order chi connectivity index (χ0) is 19.7. The lowest BCUT2D eigenvalue weighted by Crippen LogP contribution is -2.53. The van der Waals surface area contributed by atoms with Crippen LogP contribution in [0.2, 0.25) is 0 Å². The summed E-state index contributed by atoms with van der Waals surface area (Å²) < 4.78 is 4.66. The molecule has 0 aromatic carbocycles. The average molecular weight is 405 g/mol. The molecule has 2 amide bonds. The lowest BCUT2D eigenvalue weighted by atomic mass is 9.49. The molecule has 0 aliphatic heterocycles. The van der Waals surface area contributed by atoms with E-state index in [1.54, 1.807) is 12.1 Å². The first-order chi connectivity index (χ1) is 13.5. The Kier molecular flexibility index (Phi) is 5.45. The van der Waals surface area contributed by atoms with Crippen LogP contribution in [0, 0.1) is 23.2 Å². The Balaban J connectivity index is 1.19. The lowest BCUT2D eigenvalue weighted by Gasteiger charge is -2.55. The highest BCUT2D eigenvalue weighted by Gasteiger charge is 2.54. The van der Waals surface area contributed by atoms with Crippen LogP contribution >= 0.6 is 11.3 Å². The number of hydrogen-bond acceptors (Lipinski definition) is 5. The molecule has 1 aromatic heterocycles. The van der Waals surface area contributed by atoms with Gasteiger partial charge in [0.1, 0.15) is 4.88 Å². The maximum Gasteiger partial charge on any atom is 0.348 e. The topological polar surface area (TPSA) is 84.5 Å². The third kappa shape index (κ3) is 3.95. The number of carbonyl (C=O) groups is 3. The summed E-state index contributed by atoms with van der Waals surface area (Å²) in [5.41, 5.74) is -0.127. The van der Waals surface area contributed by atoms with Crippen molar-refractivity contribution < 1.29 is 19.1 Å². The number of thiophene rings is 1. The number of anilines is 1. The summed E-state index contributed by atoms with van der Waals surface area (Å²) in [6, 6.07) is 3.33. The van der Waals surface area contributed by atoms with Gasteiger partial charge in [0.25, 0.3) is 0 Å². The highest BCUT2D eigenvalue weighted by molar-refractivity contribution is 7.18. The van der Waals surface area contributed by atoms with Crippen molar-refractivity contribution in [3.8, 4) is 0 Å². The molecule has 1 aromatic rings. The Labute approximate surface area is 169 Å². The molecule has 0 saturated heterocycles. The molecule has 4 fully saturated rings. The zero-order valence-corrected chi connectivity index (χ0v) is 17.1. The van der Waals surface area contributed by atoms with E-state index < -0.39 is 5.97 Å². The summed E-state index contributed by atoms with van der Waals surface area (Å²) in [7, 11) is 1.33. The van der Waals surface area contributed by atoms with E-state index in [9.17, 15) is 14.4 Å². The van der Waals surface area contributed by atoms with Gasteiger partial charge in [0.15, 0.2) is 0 Å². The molecule has 4 bridgehead atoms. The van der Waals surface area contributed by atoms with Gasteiger partial charge in [-0.3, -0.25) is 9.59 Å². The number of amides is 2. The van der Waals surface area contributed by atoms with Gasteiger partial charge in [-0.05, 0) is 74.8 Å². The number of ether oxygens (including phenoxy) is 1. The average Bonchev–Trinajstić information content (AvgIpc) is 3.11. The number of esters is 1. The van der Waals surface area contributed by atoms with E-state index >= 15 is 0 Å². The fourth-order valence-corrected chi connectivity index (χ4v) is 6.68. The van der Waals surface area contributed by atoms with Crippen molar-refractivity contribution in [1.82, 2.24) is 5.32 Å². The number of rotatable bonds is 7. The van der Waals surface area contributed by atoms with Crippen LogP contribution in [-0.4, -0.2) is 31.4 Å². The maximum absolute atomic E-state index is 12.9. The molecule has 0 unspecified atom stereocenters. The van der Waals surface area contributed by atoms with E-state index in [0.717, 1.165) is 37.0 Å². The quantitative estimate of drug-likeness (QED) is 0.537. The van der Waals surface area contributed by atoms with Crippen LogP contribution in [-0.2, 0) is 14.3 Å². The molecule has 0 radical (unpaired) electrons. The van der Waals surface area contributed by atoms with Gasteiger partial charge in [-0.15, -0.1) is 11.3 Å². The smallest absolute Gasteiger partial charge is 0.348 e. The van der Waals surface area contributed by atoms with Gasteiger partial charge in [0, 0.05) is 18.4 Å². The lowest BCUT2D eigenvalue weighted by molar-refractivity contribution is -0.146. The molecule has 2 N–H and O–H groups in total. The molecule has 28 heavy (non-hydrogen) atoms. The van der Waals surface area contributed by atoms with Crippen molar-refractivity contribution >= 4 is 34.1 Å². The van der Waals surface area contributed by atoms with Gasteiger partial charge >= 0.3 is 5.97 Å². The molecular weight excluding hydrogens is 376 g/mol. The Bertz CT molecular complexity index is 737. The maximum atomic E-state index is 12.9. The molecule has 4 aliphatic rings. The molecule has 4 saturated carbocycles. The third-order valence-electron chi connectivity index (χ3n) is 6.64. The Morgan fingerprint density at radius 3 is 2.36 bits per heavy atom. The first-order valence-corrected chi connectivity index (χ1v) is 11.1. The second kappa shape index (κ2) is 7.85. The van der Waals surface area contributed by atoms with Crippen LogP contribution in [0.3, 0.4) is 0 Å². The van der Waals surface area contributed by atoms with Gasteiger partial charge in [-0.25, -0.2) is 4.79 Å². The van der Waals surface area contributed by atoms with Crippen LogP contribution in [0.25, 0.3) is 0 Å². The van der Waals surface area contributed by atoms with Crippen molar-refractivity contribution in [1.29, 1.82) is 0 Å². The van der Waals surface area contributed by atoms with Gasteiger partial charge in [-0.2, -0.15) is 0 Å². The van der Waals surface area contributed by atoms with Gasteiger partial charge in [0.05, 0.1) is 12.1 Å². The largest absolute Gasteiger partial charge is 0.465 e. The Hall–Kier alpha value is -1.89. The van der Waals surface area contributed by atoms with E-state index in [1.165, 1.54) is 37.7 Å². The standard InChI is InChI=1S/C21H28N2O4S/c1-27-19(25)16-4-5-18(28-16)23-17(24)3-2-6-22-20(26)21-10-13-7-14(11-21)9-15(8-13)12-21/h4-5,13-15H,2-3,6-12H2,1H3,(H,22,26)(H,23,24). The minimum absolute atomic E-state index is 0.109. The predicted octanol–water partition coefficient (Wildman–Crippen LogP) is 3.59. The first-order valence-electron chi connectivity index (χ1n) is 10.2. The summed E-state index contributed by atoms with van der Waals surface area (Å²) in [5, 5.41) is 6.53. The summed E-state index contributed by atoms with van der Waals surface area (Å²) >= 11 is 1.19. The SMILES string of the molecule is COC(=O)c1ccc(NC(=O)CCCNC(=O)C23CC4CC(CC(C4)C2)C3)s1. The van der Waals surface area contributed by atoms with Gasteiger partial charge < -0.3 is 15.4 Å². The van der Waals surface area contributed by atoms with Crippen molar-refractivity contribution in [3.05, 3.63) is 17.0 Å². The first kappa shape index (κ1) is 19.4. The molecule has 0 spiro atoms. The highest BCUT2D eigenvalue weighted by Crippen LogP contribution is 2.60. The number of nitrogens with one attached hydrogen (secondary N) is 2. The normalized spacial score (nSPS) is 30.1. The van der Waals surface area contributed by atoms with E-state index in [1.807, 2.05) is 0 Å². The molecule has 0 atom stereocenters. The van der Waals surface area contributed by atoms with Gasteiger partial charge in [-0.1, -0.05) is 0 Å². The number of hydrogen-bond donors (Lipinski definition) is 2. The molecule has 6 nitrogen and oxygen atoms in total. The molecular formula is C21H28N2O4S. The molecule has 152 valence electrons. The third-order valence-corrected chi connectivity index (χ3v) is 7.62. The minimum atomic E-state index is -0.405. The molecule has 1 heterocycles. The molecule has 7 heteroatoms. The Morgan fingerprint density at radius 1 is 1.11 bits per heavy atom. The van der Waals surface area contributed by atoms with Crippen LogP contribution in [0.1, 0.15) is 61.0 Å². The van der Waals surface area contributed by atoms with Crippen molar-refractivity contribution in [2.75, 3.05) is 19.0 Å².